The lowest BCUT2D eigenvalue weighted by Crippen LogP contribution is -2.41. The van der Waals surface area contributed by atoms with E-state index >= 15 is 0 Å². The van der Waals surface area contributed by atoms with Gasteiger partial charge in [0.05, 0.1) is 6.04 Å². The zero-order valence-corrected chi connectivity index (χ0v) is 10.4. The second-order valence-corrected chi connectivity index (χ2v) is 4.59. The van der Waals surface area contributed by atoms with Crippen molar-refractivity contribution in [2.75, 3.05) is 26.2 Å². The largest absolute Gasteiger partial charge is 0.355 e. The highest BCUT2D eigenvalue weighted by Gasteiger charge is 2.12. The smallest absolute Gasteiger partial charge is 0.236 e. The summed E-state index contributed by atoms with van der Waals surface area (Å²) < 4.78 is 0. The number of nitrogens with two attached hydrogens (primary N) is 1. The standard InChI is InChI=1S/C12H25N3O/c1-2-6-11(13)12(16)14-7-5-10-15-8-3-4-9-15/h11H,2-10,13H2,1H3,(H,14,16)/t11-/m0/s1. The van der Waals surface area contributed by atoms with Gasteiger partial charge < -0.3 is 16.0 Å². The normalized spacial score (nSPS) is 18.6. The van der Waals surface area contributed by atoms with Gasteiger partial charge in [0.2, 0.25) is 5.91 Å². The SMILES string of the molecule is CCC[C@H](N)C(=O)NCCCN1CCCC1. The summed E-state index contributed by atoms with van der Waals surface area (Å²) in [7, 11) is 0. The number of carbonyl (C=O) groups is 1. The third-order valence-corrected chi connectivity index (χ3v) is 3.09. The van der Waals surface area contributed by atoms with Gasteiger partial charge in [-0.2, -0.15) is 0 Å². The molecular weight excluding hydrogens is 202 g/mol. The van der Waals surface area contributed by atoms with Crippen molar-refractivity contribution in [3.05, 3.63) is 0 Å². The van der Waals surface area contributed by atoms with E-state index in [9.17, 15) is 4.79 Å². The fraction of sp³-hybridized carbons (Fsp3) is 0.917. The summed E-state index contributed by atoms with van der Waals surface area (Å²) in [6, 6.07) is -0.322. The minimum atomic E-state index is -0.322. The molecule has 16 heavy (non-hydrogen) atoms. The van der Waals surface area contributed by atoms with E-state index in [1.54, 1.807) is 0 Å². The highest BCUT2D eigenvalue weighted by Crippen LogP contribution is 2.06. The predicted molar refractivity (Wildman–Crippen MR) is 66.2 cm³/mol. The molecule has 0 radical (unpaired) electrons. The van der Waals surface area contributed by atoms with E-state index in [2.05, 4.69) is 10.2 Å². The van der Waals surface area contributed by atoms with E-state index in [4.69, 9.17) is 5.73 Å². The second kappa shape index (κ2) is 7.63. The monoisotopic (exact) mass is 227 g/mol. The maximum Gasteiger partial charge on any atom is 0.236 e. The van der Waals surface area contributed by atoms with Gasteiger partial charge >= 0.3 is 0 Å². The summed E-state index contributed by atoms with van der Waals surface area (Å²) in [4.78, 5) is 13.9. The predicted octanol–water partition coefficient (Wildman–Crippen LogP) is 0.716. The molecular formula is C12H25N3O. The van der Waals surface area contributed by atoms with Crippen molar-refractivity contribution in [1.82, 2.24) is 10.2 Å². The molecule has 0 bridgehead atoms. The number of hydrogen-bond donors (Lipinski definition) is 2. The van der Waals surface area contributed by atoms with Gasteiger partial charge in [-0.15, -0.1) is 0 Å². The Labute approximate surface area is 98.6 Å². The fourth-order valence-corrected chi connectivity index (χ4v) is 2.09. The molecule has 4 heteroatoms. The number of nitrogens with one attached hydrogen (secondary N) is 1. The zero-order chi connectivity index (χ0) is 11.8. The van der Waals surface area contributed by atoms with Gasteiger partial charge in [-0.3, -0.25) is 4.79 Å². The summed E-state index contributed by atoms with van der Waals surface area (Å²) in [5, 5.41) is 2.90. The van der Waals surface area contributed by atoms with Crippen LogP contribution in [-0.4, -0.2) is 43.0 Å². The van der Waals surface area contributed by atoms with Gasteiger partial charge in [0.25, 0.3) is 0 Å². The van der Waals surface area contributed by atoms with Crippen LogP contribution in [0.3, 0.4) is 0 Å². The van der Waals surface area contributed by atoms with Crippen LogP contribution in [0.4, 0.5) is 0 Å². The topological polar surface area (TPSA) is 58.4 Å². The quantitative estimate of drug-likeness (QED) is 0.630. The van der Waals surface area contributed by atoms with E-state index in [1.807, 2.05) is 6.92 Å². The van der Waals surface area contributed by atoms with Crippen LogP contribution in [-0.2, 0) is 4.79 Å². The Morgan fingerprint density at radius 2 is 2.12 bits per heavy atom. The molecule has 1 rings (SSSR count). The van der Waals surface area contributed by atoms with E-state index < -0.39 is 0 Å². The van der Waals surface area contributed by atoms with Gasteiger partial charge in [-0.25, -0.2) is 0 Å². The molecule has 0 aromatic rings. The van der Waals surface area contributed by atoms with E-state index in [1.165, 1.54) is 25.9 Å². The molecule has 1 aliphatic rings. The lowest BCUT2D eigenvalue weighted by Gasteiger charge is -2.15. The van der Waals surface area contributed by atoms with Crippen molar-refractivity contribution >= 4 is 5.91 Å². The van der Waals surface area contributed by atoms with Crippen LogP contribution in [0.25, 0.3) is 0 Å². The van der Waals surface area contributed by atoms with E-state index in [0.29, 0.717) is 0 Å². The number of rotatable bonds is 7. The highest BCUT2D eigenvalue weighted by atomic mass is 16.2. The summed E-state index contributed by atoms with van der Waals surface area (Å²) >= 11 is 0. The molecule has 94 valence electrons. The average Bonchev–Trinajstić information content (AvgIpc) is 2.77. The number of nitrogens with zero attached hydrogens (tertiary/aromatic N) is 1. The van der Waals surface area contributed by atoms with Crippen LogP contribution < -0.4 is 11.1 Å². The lowest BCUT2D eigenvalue weighted by atomic mass is 10.1. The van der Waals surface area contributed by atoms with Gasteiger partial charge in [0.1, 0.15) is 0 Å². The molecule has 0 saturated carbocycles. The molecule has 0 unspecified atom stereocenters. The minimum Gasteiger partial charge on any atom is -0.355 e. The minimum absolute atomic E-state index is 0.00303. The Balaban J connectivity index is 1.99. The van der Waals surface area contributed by atoms with Crippen molar-refractivity contribution in [2.45, 2.75) is 45.1 Å². The van der Waals surface area contributed by atoms with Crippen LogP contribution in [0.1, 0.15) is 39.0 Å². The fourth-order valence-electron chi connectivity index (χ4n) is 2.09. The molecule has 1 heterocycles. The Hall–Kier alpha value is -0.610. The Bertz CT molecular complexity index is 202. The number of carbonyl (C=O) groups excluding carboxylic acids is 1. The number of likely N-dealkylation sites (tertiary alicyclic amines) is 1. The summed E-state index contributed by atoms with van der Waals surface area (Å²) in [5.41, 5.74) is 5.71. The first-order valence-electron chi connectivity index (χ1n) is 6.49. The Morgan fingerprint density at radius 3 is 2.75 bits per heavy atom. The highest BCUT2D eigenvalue weighted by molar-refractivity contribution is 5.81. The second-order valence-electron chi connectivity index (χ2n) is 4.59. The lowest BCUT2D eigenvalue weighted by molar-refractivity contribution is -0.122. The third kappa shape index (κ3) is 4.94. The van der Waals surface area contributed by atoms with Crippen molar-refractivity contribution in [2.24, 2.45) is 5.73 Å². The van der Waals surface area contributed by atoms with Gasteiger partial charge in [0.15, 0.2) is 0 Å². The molecule has 0 spiro atoms. The molecule has 1 fully saturated rings. The summed E-state index contributed by atoms with van der Waals surface area (Å²) in [5.74, 6) is 0.00303. The van der Waals surface area contributed by atoms with Crippen LogP contribution in [0.2, 0.25) is 0 Å². The summed E-state index contributed by atoms with van der Waals surface area (Å²) in [6.07, 6.45) is 5.42. The van der Waals surface area contributed by atoms with E-state index in [-0.39, 0.29) is 11.9 Å². The first-order valence-corrected chi connectivity index (χ1v) is 6.49. The molecule has 0 aliphatic carbocycles. The molecule has 1 amide bonds. The molecule has 1 aliphatic heterocycles. The Morgan fingerprint density at radius 1 is 1.44 bits per heavy atom. The average molecular weight is 227 g/mol. The molecule has 0 aromatic carbocycles. The maximum absolute atomic E-state index is 11.5. The van der Waals surface area contributed by atoms with Gasteiger partial charge in [-0.1, -0.05) is 13.3 Å². The van der Waals surface area contributed by atoms with Crippen molar-refractivity contribution in [3.8, 4) is 0 Å². The summed E-state index contributed by atoms with van der Waals surface area (Å²) in [6.45, 7) is 6.35. The zero-order valence-electron chi connectivity index (χ0n) is 10.4. The van der Waals surface area contributed by atoms with Gasteiger partial charge in [0, 0.05) is 6.54 Å². The van der Waals surface area contributed by atoms with Crippen LogP contribution >= 0.6 is 0 Å². The van der Waals surface area contributed by atoms with Crippen LogP contribution in [0.5, 0.6) is 0 Å². The first kappa shape index (κ1) is 13.5. The van der Waals surface area contributed by atoms with Crippen molar-refractivity contribution in [3.63, 3.8) is 0 Å². The first-order chi connectivity index (χ1) is 7.74. The van der Waals surface area contributed by atoms with Crippen molar-refractivity contribution in [1.29, 1.82) is 0 Å². The van der Waals surface area contributed by atoms with Crippen LogP contribution in [0, 0.1) is 0 Å². The van der Waals surface area contributed by atoms with Crippen LogP contribution in [0.15, 0.2) is 0 Å². The number of hydrogen-bond acceptors (Lipinski definition) is 3. The third-order valence-electron chi connectivity index (χ3n) is 3.09. The van der Waals surface area contributed by atoms with Crippen molar-refractivity contribution < 1.29 is 4.79 Å². The molecule has 3 N–H and O–H groups in total. The molecule has 1 atom stereocenters. The van der Waals surface area contributed by atoms with E-state index in [0.717, 1.165) is 32.4 Å². The maximum atomic E-state index is 11.5. The molecule has 1 saturated heterocycles. The molecule has 4 nitrogen and oxygen atoms in total. The van der Waals surface area contributed by atoms with Gasteiger partial charge in [-0.05, 0) is 45.3 Å². The Kier molecular flexibility index (Phi) is 6.42. The number of amides is 1. The molecule has 0 aromatic heterocycles.